The maximum atomic E-state index is 4.26. The van der Waals surface area contributed by atoms with Gasteiger partial charge < -0.3 is 0 Å². The molecule has 0 saturated carbocycles. The van der Waals surface area contributed by atoms with E-state index in [4.69, 9.17) is 0 Å². The van der Waals surface area contributed by atoms with Crippen molar-refractivity contribution in [3.8, 4) is 0 Å². The molecular weight excluding hydrogens is 146 g/mol. The number of pyridine rings is 1. The van der Waals surface area contributed by atoms with Gasteiger partial charge in [0, 0.05) is 17.3 Å². The SMILES string of the molecule is [CH2]Cc1nccc2ccccc12. The third kappa shape index (κ3) is 1.07. The number of hydrogen-bond acceptors (Lipinski definition) is 1. The number of rotatable bonds is 1. The van der Waals surface area contributed by atoms with E-state index in [9.17, 15) is 0 Å². The van der Waals surface area contributed by atoms with Crippen molar-refractivity contribution in [2.24, 2.45) is 0 Å². The molecule has 0 spiro atoms. The van der Waals surface area contributed by atoms with E-state index >= 15 is 0 Å². The minimum absolute atomic E-state index is 0.751. The minimum atomic E-state index is 0.751. The maximum absolute atomic E-state index is 4.26. The van der Waals surface area contributed by atoms with Crippen molar-refractivity contribution < 1.29 is 0 Å². The molecular formula is C11H10N. The zero-order chi connectivity index (χ0) is 8.39. The summed E-state index contributed by atoms with van der Waals surface area (Å²) in [5.74, 6) is 0. The van der Waals surface area contributed by atoms with Gasteiger partial charge in [0.1, 0.15) is 0 Å². The Morgan fingerprint density at radius 3 is 2.83 bits per heavy atom. The zero-order valence-electron chi connectivity index (χ0n) is 6.83. The number of benzene rings is 1. The van der Waals surface area contributed by atoms with Crippen molar-refractivity contribution in [2.45, 2.75) is 6.42 Å². The summed E-state index contributed by atoms with van der Waals surface area (Å²) in [6.45, 7) is 3.84. The molecule has 0 N–H and O–H groups in total. The third-order valence-corrected chi connectivity index (χ3v) is 1.99. The van der Waals surface area contributed by atoms with Crippen molar-refractivity contribution in [3.63, 3.8) is 0 Å². The van der Waals surface area contributed by atoms with Crippen LogP contribution in [0.25, 0.3) is 10.8 Å². The number of nitrogens with zero attached hydrogens (tertiary/aromatic N) is 1. The highest BCUT2D eigenvalue weighted by Gasteiger charge is 1.97. The molecule has 2 rings (SSSR count). The van der Waals surface area contributed by atoms with Crippen molar-refractivity contribution in [1.82, 2.24) is 4.98 Å². The van der Waals surface area contributed by atoms with E-state index in [1.165, 1.54) is 10.8 Å². The molecule has 0 amide bonds. The summed E-state index contributed by atoms with van der Waals surface area (Å²) >= 11 is 0. The van der Waals surface area contributed by atoms with E-state index in [0.717, 1.165) is 12.1 Å². The van der Waals surface area contributed by atoms with Gasteiger partial charge in [0.25, 0.3) is 0 Å². The van der Waals surface area contributed by atoms with Crippen LogP contribution in [0, 0.1) is 6.92 Å². The predicted molar refractivity (Wildman–Crippen MR) is 50.8 cm³/mol. The third-order valence-electron chi connectivity index (χ3n) is 1.99. The van der Waals surface area contributed by atoms with Crippen LogP contribution in [0.4, 0.5) is 0 Å². The minimum Gasteiger partial charge on any atom is -0.261 e. The van der Waals surface area contributed by atoms with E-state index in [1.54, 1.807) is 0 Å². The van der Waals surface area contributed by atoms with Crippen LogP contribution in [0.15, 0.2) is 36.5 Å². The average molecular weight is 156 g/mol. The molecule has 2 aromatic rings. The summed E-state index contributed by atoms with van der Waals surface area (Å²) in [6.07, 6.45) is 2.59. The molecule has 12 heavy (non-hydrogen) atoms. The van der Waals surface area contributed by atoms with Crippen LogP contribution in [0.1, 0.15) is 5.69 Å². The van der Waals surface area contributed by atoms with Gasteiger partial charge in [0.2, 0.25) is 0 Å². The highest BCUT2D eigenvalue weighted by molar-refractivity contribution is 5.84. The first kappa shape index (κ1) is 7.29. The maximum Gasteiger partial charge on any atom is 0.0481 e. The Morgan fingerprint density at radius 2 is 2.00 bits per heavy atom. The molecule has 1 heterocycles. The molecule has 1 aromatic heterocycles. The van der Waals surface area contributed by atoms with Crippen LogP contribution in [0.5, 0.6) is 0 Å². The first-order valence-corrected chi connectivity index (χ1v) is 4.03. The molecule has 0 fully saturated rings. The number of hydrogen-bond donors (Lipinski definition) is 0. The topological polar surface area (TPSA) is 12.9 Å². The standard InChI is InChI=1S/C11H10N/c1-2-11-10-6-4-3-5-9(10)7-8-12-11/h3-8H,1-2H2. The Hall–Kier alpha value is -1.37. The first-order valence-electron chi connectivity index (χ1n) is 4.03. The van der Waals surface area contributed by atoms with Crippen molar-refractivity contribution >= 4 is 10.8 Å². The number of aromatic nitrogens is 1. The first-order chi connectivity index (χ1) is 5.92. The summed E-state index contributed by atoms with van der Waals surface area (Å²) in [5, 5.41) is 2.46. The molecule has 1 aromatic carbocycles. The van der Waals surface area contributed by atoms with Crippen LogP contribution in [-0.4, -0.2) is 4.98 Å². The van der Waals surface area contributed by atoms with Crippen molar-refractivity contribution in [3.05, 3.63) is 49.1 Å². The van der Waals surface area contributed by atoms with Gasteiger partial charge in [-0.2, -0.15) is 0 Å². The Bertz CT molecular complexity index is 388. The van der Waals surface area contributed by atoms with Gasteiger partial charge in [-0.1, -0.05) is 24.3 Å². The van der Waals surface area contributed by atoms with E-state index < -0.39 is 0 Å². The highest BCUT2D eigenvalue weighted by Crippen LogP contribution is 2.15. The normalized spacial score (nSPS) is 10.4. The van der Waals surface area contributed by atoms with Crippen molar-refractivity contribution in [1.29, 1.82) is 0 Å². The van der Waals surface area contributed by atoms with E-state index in [1.807, 2.05) is 24.4 Å². The number of fused-ring (bicyclic) bond motifs is 1. The molecule has 1 heteroatoms. The van der Waals surface area contributed by atoms with E-state index in [-0.39, 0.29) is 0 Å². The van der Waals surface area contributed by atoms with E-state index in [2.05, 4.69) is 24.0 Å². The molecule has 59 valence electrons. The van der Waals surface area contributed by atoms with Gasteiger partial charge in [0.15, 0.2) is 0 Å². The molecule has 0 aliphatic carbocycles. The van der Waals surface area contributed by atoms with Crippen molar-refractivity contribution in [2.75, 3.05) is 0 Å². The van der Waals surface area contributed by atoms with Gasteiger partial charge in [0.05, 0.1) is 0 Å². The molecule has 0 saturated heterocycles. The zero-order valence-corrected chi connectivity index (χ0v) is 6.83. The summed E-state index contributed by atoms with van der Waals surface area (Å²) < 4.78 is 0. The molecule has 0 bridgehead atoms. The second-order valence-corrected chi connectivity index (χ2v) is 2.73. The highest BCUT2D eigenvalue weighted by atomic mass is 14.7. The Kier molecular flexibility index (Phi) is 1.78. The lowest BCUT2D eigenvalue weighted by Gasteiger charge is -2.01. The van der Waals surface area contributed by atoms with Crippen LogP contribution < -0.4 is 0 Å². The van der Waals surface area contributed by atoms with Gasteiger partial charge in [-0.05, 0) is 24.8 Å². The monoisotopic (exact) mass is 156 g/mol. The second kappa shape index (κ2) is 2.94. The Balaban J connectivity index is 2.79. The Labute approximate surface area is 72.1 Å². The molecule has 0 atom stereocenters. The summed E-state index contributed by atoms with van der Waals surface area (Å²) in [4.78, 5) is 4.26. The van der Waals surface area contributed by atoms with E-state index in [0.29, 0.717) is 0 Å². The van der Waals surface area contributed by atoms with Crippen LogP contribution in [0.2, 0.25) is 0 Å². The van der Waals surface area contributed by atoms with Gasteiger partial charge >= 0.3 is 0 Å². The molecule has 0 unspecified atom stereocenters. The fourth-order valence-corrected chi connectivity index (χ4v) is 1.38. The lowest BCUT2D eigenvalue weighted by atomic mass is 10.1. The fourth-order valence-electron chi connectivity index (χ4n) is 1.38. The largest absolute Gasteiger partial charge is 0.261 e. The second-order valence-electron chi connectivity index (χ2n) is 2.73. The van der Waals surface area contributed by atoms with Crippen LogP contribution in [-0.2, 0) is 6.42 Å². The average Bonchev–Trinajstić information content (AvgIpc) is 2.17. The van der Waals surface area contributed by atoms with Gasteiger partial charge in [-0.3, -0.25) is 4.98 Å². The Morgan fingerprint density at radius 1 is 1.17 bits per heavy atom. The van der Waals surface area contributed by atoms with Crippen LogP contribution in [0.3, 0.4) is 0 Å². The van der Waals surface area contributed by atoms with Crippen LogP contribution >= 0.6 is 0 Å². The van der Waals surface area contributed by atoms with Gasteiger partial charge in [-0.15, -0.1) is 0 Å². The summed E-state index contributed by atoms with van der Waals surface area (Å²) in [6, 6.07) is 10.3. The summed E-state index contributed by atoms with van der Waals surface area (Å²) in [7, 11) is 0. The summed E-state index contributed by atoms with van der Waals surface area (Å²) in [5.41, 5.74) is 1.08. The quantitative estimate of drug-likeness (QED) is 0.618. The smallest absolute Gasteiger partial charge is 0.0481 e. The lowest BCUT2D eigenvalue weighted by molar-refractivity contribution is 1.14. The molecule has 1 nitrogen and oxygen atoms in total. The van der Waals surface area contributed by atoms with Gasteiger partial charge in [-0.25, -0.2) is 0 Å². The molecule has 0 aliphatic heterocycles. The lowest BCUT2D eigenvalue weighted by Crippen LogP contribution is -1.87. The molecule has 0 aliphatic rings. The molecule has 1 radical (unpaired) electrons. The fraction of sp³-hybridized carbons (Fsp3) is 0.0909. The predicted octanol–water partition coefficient (Wildman–Crippen LogP) is 2.61.